The van der Waals surface area contributed by atoms with Crippen molar-refractivity contribution in [2.24, 2.45) is 0 Å². The van der Waals surface area contributed by atoms with Crippen LogP contribution >= 0.6 is 0 Å². The maximum atomic E-state index is 12.2. The van der Waals surface area contributed by atoms with Gasteiger partial charge in [-0.25, -0.2) is 0 Å². The van der Waals surface area contributed by atoms with Gasteiger partial charge in [-0.3, -0.25) is 9.59 Å². The molecule has 0 bridgehead atoms. The SMILES string of the molecule is COCCCNC(=O)c1ccc(NC(=O)Cc2ccccc2C)cc1. The van der Waals surface area contributed by atoms with Gasteiger partial charge in [-0.2, -0.15) is 0 Å². The van der Waals surface area contributed by atoms with Gasteiger partial charge in [-0.15, -0.1) is 0 Å². The van der Waals surface area contributed by atoms with E-state index in [1.807, 2.05) is 31.2 Å². The third-order valence-corrected chi connectivity index (χ3v) is 3.85. The lowest BCUT2D eigenvalue weighted by molar-refractivity contribution is -0.115. The Bertz CT molecular complexity index is 711. The molecule has 5 nitrogen and oxygen atoms in total. The number of methoxy groups -OCH3 is 1. The van der Waals surface area contributed by atoms with E-state index in [0.717, 1.165) is 17.5 Å². The molecule has 0 aliphatic heterocycles. The van der Waals surface area contributed by atoms with Crippen molar-refractivity contribution in [1.29, 1.82) is 0 Å². The number of anilines is 1. The van der Waals surface area contributed by atoms with Crippen LogP contribution in [0.2, 0.25) is 0 Å². The molecule has 2 amide bonds. The molecule has 2 N–H and O–H groups in total. The molecule has 2 rings (SSSR count). The number of hydrogen-bond acceptors (Lipinski definition) is 3. The summed E-state index contributed by atoms with van der Waals surface area (Å²) in [6.45, 7) is 3.18. The summed E-state index contributed by atoms with van der Waals surface area (Å²) < 4.78 is 4.94. The van der Waals surface area contributed by atoms with Gasteiger partial charge in [-0.05, 0) is 48.7 Å². The van der Waals surface area contributed by atoms with E-state index < -0.39 is 0 Å². The molecule has 0 aromatic heterocycles. The van der Waals surface area contributed by atoms with Crippen LogP contribution < -0.4 is 10.6 Å². The Kier molecular flexibility index (Phi) is 7.16. The highest BCUT2D eigenvalue weighted by molar-refractivity contribution is 5.96. The molecule has 0 aliphatic rings. The molecule has 0 heterocycles. The first-order chi connectivity index (χ1) is 12.1. The van der Waals surface area contributed by atoms with Crippen LogP contribution in [0.25, 0.3) is 0 Å². The fourth-order valence-corrected chi connectivity index (χ4v) is 2.41. The lowest BCUT2D eigenvalue weighted by Crippen LogP contribution is -2.25. The van der Waals surface area contributed by atoms with E-state index in [9.17, 15) is 9.59 Å². The van der Waals surface area contributed by atoms with E-state index in [2.05, 4.69) is 10.6 Å². The minimum Gasteiger partial charge on any atom is -0.385 e. The highest BCUT2D eigenvalue weighted by Crippen LogP contribution is 2.12. The molecule has 2 aromatic rings. The smallest absolute Gasteiger partial charge is 0.251 e. The zero-order chi connectivity index (χ0) is 18.1. The summed E-state index contributed by atoms with van der Waals surface area (Å²) in [5, 5.41) is 5.68. The Hall–Kier alpha value is -2.66. The quantitative estimate of drug-likeness (QED) is 0.726. The Balaban J connectivity index is 1.86. The fraction of sp³-hybridized carbons (Fsp3) is 0.300. The third kappa shape index (κ3) is 6.04. The minimum atomic E-state index is -0.131. The van der Waals surface area contributed by atoms with Crippen molar-refractivity contribution in [2.45, 2.75) is 19.8 Å². The molecule has 0 spiro atoms. The molecule has 0 saturated carbocycles. The van der Waals surface area contributed by atoms with Gasteiger partial charge in [0, 0.05) is 31.5 Å². The summed E-state index contributed by atoms with van der Waals surface area (Å²) in [5.74, 6) is -0.208. The van der Waals surface area contributed by atoms with Crippen LogP contribution in [0.4, 0.5) is 5.69 Å². The molecular formula is C20H24N2O3. The fourth-order valence-electron chi connectivity index (χ4n) is 2.41. The van der Waals surface area contributed by atoms with Crippen molar-refractivity contribution >= 4 is 17.5 Å². The normalized spacial score (nSPS) is 10.3. The number of carbonyl (C=O) groups is 2. The second kappa shape index (κ2) is 9.59. The maximum absolute atomic E-state index is 12.2. The van der Waals surface area contributed by atoms with Crippen LogP contribution in [0.3, 0.4) is 0 Å². The second-order valence-corrected chi connectivity index (χ2v) is 5.83. The van der Waals surface area contributed by atoms with Gasteiger partial charge in [0.1, 0.15) is 0 Å². The van der Waals surface area contributed by atoms with Gasteiger partial charge in [0.2, 0.25) is 5.91 Å². The lowest BCUT2D eigenvalue weighted by atomic mass is 10.1. The highest BCUT2D eigenvalue weighted by atomic mass is 16.5. The van der Waals surface area contributed by atoms with Gasteiger partial charge in [0.05, 0.1) is 6.42 Å². The summed E-state index contributed by atoms with van der Waals surface area (Å²) in [7, 11) is 1.63. The molecule has 0 saturated heterocycles. The Morgan fingerprint density at radius 2 is 1.76 bits per heavy atom. The molecule has 132 valence electrons. The van der Waals surface area contributed by atoms with Crippen molar-refractivity contribution in [3.63, 3.8) is 0 Å². The average Bonchev–Trinajstić information content (AvgIpc) is 2.61. The minimum absolute atomic E-state index is 0.0777. The number of ether oxygens (including phenoxy) is 1. The zero-order valence-corrected chi connectivity index (χ0v) is 14.7. The van der Waals surface area contributed by atoms with Gasteiger partial charge in [0.25, 0.3) is 5.91 Å². The summed E-state index contributed by atoms with van der Waals surface area (Å²) in [5.41, 5.74) is 3.34. The Morgan fingerprint density at radius 1 is 1.04 bits per heavy atom. The summed E-state index contributed by atoms with van der Waals surface area (Å²) >= 11 is 0. The number of nitrogens with one attached hydrogen (secondary N) is 2. The average molecular weight is 340 g/mol. The predicted octanol–water partition coefficient (Wildman–Crippen LogP) is 2.94. The number of amides is 2. The van der Waals surface area contributed by atoms with Crippen LogP contribution in [0.5, 0.6) is 0 Å². The van der Waals surface area contributed by atoms with Gasteiger partial charge >= 0.3 is 0 Å². The number of carbonyl (C=O) groups excluding carboxylic acids is 2. The molecule has 0 atom stereocenters. The molecule has 2 aromatic carbocycles. The monoisotopic (exact) mass is 340 g/mol. The standard InChI is InChI=1S/C20H24N2O3/c1-15-6-3-4-7-17(15)14-19(23)22-18-10-8-16(9-11-18)20(24)21-12-5-13-25-2/h3-4,6-11H,5,12-14H2,1-2H3,(H,21,24)(H,22,23). The van der Waals surface area contributed by atoms with Gasteiger partial charge < -0.3 is 15.4 Å². The van der Waals surface area contributed by atoms with Crippen molar-refractivity contribution in [3.05, 3.63) is 65.2 Å². The summed E-state index contributed by atoms with van der Waals surface area (Å²) in [6.07, 6.45) is 1.10. The van der Waals surface area contributed by atoms with Crippen LogP contribution in [0.1, 0.15) is 27.9 Å². The summed E-state index contributed by atoms with van der Waals surface area (Å²) in [4.78, 5) is 24.1. The summed E-state index contributed by atoms with van der Waals surface area (Å²) in [6, 6.07) is 14.7. The van der Waals surface area contributed by atoms with Crippen LogP contribution in [-0.2, 0) is 16.0 Å². The molecular weight excluding hydrogens is 316 g/mol. The molecule has 0 aliphatic carbocycles. The number of rotatable bonds is 8. The molecule has 25 heavy (non-hydrogen) atoms. The predicted molar refractivity (Wildman–Crippen MR) is 98.8 cm³/mol. The van der Waals surface area contributed by atoms with E-state index in [1.165, 1.54) is 0 Å². The lowest BCUT2D eigenvalue weighted by Gasteiger charge is -2.09. The zero-order valence-electron chi connectivity index (χ0n) is 14.7. The topological polar surface area (TPSA) is 67.4 Å². The Morgan fingerprint density at radius 3 is 2.44 bits per heavy atom. The van der Waals surface area contributed by atoms with E-state index in [0.29, 0.717) is 30.8 Å². The number of benzene rings is 2. The maximum Gasteiger partial charge on any atom is 0.251 e. The van der Waals surface area contributed by atoms with E-state index >= 15 is 0 Å². The van der Waals surface area contributed by atoms with E-state index in [4.69, 9.17) is 4.74 Å². The molecule has 0 radical (unpaired) electrons. The molecule has 5 heteroatoms. The van der Waals surface area contributed by atoms with Gasteiger partial charge in [-0.1, -0.05) is 24.3 Å². The Labute approximate surface area is 148 Å². The first-order valence-electron chi connectivity index (χ1n) is 8.31. The highest BCUT2D eigenvalue weighted by Gasteiger charge is 2.08. The number of aryl methyl sites for hydroxylation is 1. The third-order valence-electron chi connectivity index (χ3n) is 3.85. The van der Waals surface area contributed by atoms with Crippen LogP contribution in [0.15, 0.2) is 48.5 Å². The second-order valence-electron chi connectivity index (χ2n) is 5.83. The first-order valence-corrected chi connectivity index (χ1v) is 8.31. The van der Waals surface area contributed by atoms with Crippen molar-refractivity contribution in [2.75, 3.05) is 25.6 Å². The van der Waals surface area contributed by atoms with E-state index in [1.54, 1.807) is 31.4 Å². The van der Waals surface area contributed by atoms with Crippen molar-refractivity contribution in [3.8, 4) is 0 Å². The van der Waals surface area contributed by atoms with Gasteiger partial charge in [0.15, 0.2) is 0 Å². The van der Waals surface area contributed by atoms with Crippen molar-refractivity contribution < 1.29 is 14.3 Å². The van der Waals surface area contributed by atoms with Crippen LogP contribution in [0, 0.1) is 6.92 Å². The first kappa shape index (κ1) is 18.7. The van der Waals surface area contributed by atoms with Crippen LogP contribution in [-0.4, -0.2) is 32.1 Å². The largest absolute Gasteiger partial charge is 0.385 e. The van der Waals surface area contributed by atoms with Crippen molar-refractivity contribution in [1.82, 2.24) is 5.32 Å². The number of hydrogen-bond donors (Lipinski definition) is 2. The molecule has 0 unspecified atom stereocenters. The van der Waals surface area contributed by atoms with E-state index in [-0.39, 0.29) is 11.8 Å². The molecule has 0 fully saturated rings.